The molecule has 0 aliphatic rings. The topological polar surface area (TPSA) is 21.3 Å². The predicted octanol–water partition coefficient (Wildman–Crippen LogP) is 3.75. The minimum Gasteiger partial charge on any atom is -0.494 e. The maximum Gasteiger partial charge on any atom is 0.119 e. The largest absolute Gasteiger partial charge is 0.494 e. The van der Waals surface area contributed by atoms with Crippen LogP contribution in [0, 0.1) is 0 Å². The van der Waals surface area contributed by atoms with Gasteiger partial charge in [0.1, 0.15) is 5.75 Å². The Hall–Kier alpha value is -1.02. The van der Waals surface area contributed by atoms with E-state index in [1.807, 2.05) is 7.05 Å². The quantitative estimate of drug-likeness (QED) is 0.794. The van der Waals surface area contributed by atoms with E-state index in [-0.39, 0.29) is 5.41 Å². The minimum absolute atomic E-state index is 0.186. The van der Waals surface area contributed by atoms with Crippen LogP contribution in [0.2, 0.25) is 0 Å². The molecule has 0 bridgehead atoms. The number of benzene rings is 1. The fourth-order valence-electron chi connectivity index (χ4n) is 2.21. The lowest BCUT2D eigenvalue weighted by Gasteiger charge is -2.28. The van der Waals surface area contributed by atoms with Crippen LogP contribution in [0.1, 0.15) is 46.1 Å². The third-order valence-electron chi connectivity index (χ3n) is 3.42. The van der Waals surface area contributed by atoms with Gasteiger partial charge in [-0.05, 0) is 49.9 Å². The molecule has 0 radical (unpaired) electrons. The van der Waals surface area contributed by atoms with Gasteiger partial charge in [-0.25, -0.2) is 0 Å². The van der Waals surface area contributed by atoms with Crippen LogP contribution in [-0.2, 0) is 5.41 Å². The molecule has 0 aliphatic heterocycles. The van der Waals surface area contributed by atoms with Crippen molar-refractivity contribution in [1.82, 2.24) is 5.32 Å². The molecule has 0 aliphatic carbocycles. The molecule has 2 heteroatoms. The number of hydrogen-bond donors (Lipinski definition) is 1. The van der Waals surface area contributed by atoms with Gasteiger partial charge in [0.15, 0.2) is 0 Å². The Morgan fingerprint density at radius 1 is 1.22 bits per heavy atom. The molecule has 0 aromatic heterocycles. The highest BCUT2D eigenvalue weighted by Gasteiger charge is 2.22. The molecule has 0 spiro atoms. The molecular formula is C16H27NO. The Morgan fingerprint density at radius 3 is 2.33 bits per heavy atom. The van der Waals surface area contributed by atoms with Crippen LogP contribution in [-0.4, -0.2) is 19.7 Å². The molecular weight excluding hydrogens is 222 g/mol. The number of hydrogen-bond acceptors (Lipinski definition) is 2. The van der Waals surface area contributed by atoms with Crippen molar-refractivity contribution in [1.29, 1.82) is 0 Å². The second-order valence-corrected chi connectivity index (χ2v) is 5.65. The van der Waals surface area contributed by atoms with Gasteiger partial charge >= 0.3 is 0 Å². The highest BCUT2D eigenvalue weighted by Crippen LogP contribution is 2.29. The van der Waals surface area contributed by atoms with Crippen LogP contribution >= 0.6 is 0 Å². The molecule has 18 heavy (non-hydrogen) atoms. The Morgan fingerprint density at radius 2 is 1.83 bits per heavy atom. The second-order valence-electron chi connectivity index (χ2n) is 5.65. The summed E-state index contributed by atoms with van der Waals surface area (Å²) in [5.41, 5.74) is 1.56. The molecule has 0 fully saturated rings. The number of nitrogens with one attached hydrogen (secondary N) is 1. The summed E-state index contributed by atoms with van der Waals surface area (Å²) >= 11 is 0. The molecule has 0 heterocycles. The summed E-state index contributed by atoms with van der Waals surface area (Å²) in [7, 11) is 2.02. The van der Waals surface area contributed by atoms with Crippen LogP contribution in [0.5, 0.6) is 5.75 Å². The van der Waals surface area contributed by atoms with Gasteiger partial charge in [0.2, 0.25) is 0 Å². The first-order valence-corrected chi connectivity index (χ1v) is 6.90. The van der Waals surface area contributed by atoms with Gasteiger partial charge in [-0.2, -0.15) is 0 Å². The Kier molecular flexibility index (Phi) is 5.67. The van der Waals surface area contributed by atoms with E-state index in [2.05, 4.69) is 57.3 Å². The van der Waals surface area contributed by atoms with Gasteiger partial charge < -0.3 is 10.1 Å². The zero-order valence-corrected chi connectivity index (χ0v) is 12.4. The fourth-order valence-corrected chi connectivity index (χ4v) is 2.21. The van der Waals surface area contributed by atoms with Crippen LogP contribution in [0.3, 0.4) is 0 Å². The first-order chi connectivity index (χ1) is 8.49. The first-order valence-electron chi connectivity index (χ1n) is 6.90. The van der Waals surface area contributed by atoms with E-state index in [0.717, 1.165) is 25.2 Å². The normalized spacial score (nSPS) is 13.4. The molecule has 1 N–H and O–H groups in total. The average molecular weight is 249 g/mol. The summed E-state index contributed by atoms with van der Waals surface area (Å²) in [5, 5.41) is 3.31. The van der Waals surface area contributed by atoms with Gasteiger partial charge in [0.25, 0.3) is 0 Å². The lowest BCUT2D eigenvalue weighted by molar-refractivity contribution is 0.317. The second kappa shape index (κ2) is 6.79. The zero-order chi connectivity index (χ0) is 13.6. The number of ether oxygens (including phenoxy) is 1. The van der Waals surface area contributed by atoms with Crippen LogP contribution < -0.4 is 10.1 Å². The molecule has 1 unspecified atom stereocenters. The lowest BCUT2D eigenvalue weighted by Crippen LogP contribution is -2.30. The molecule has 0 amide bonds. The van der Waals surface area contributed by atoms with E-state index < -0.39 is 0 Å². The minimum atomic E-state index is 0.186. The smallest absolute Gasteiger partial charge is 0.119 e. The lowest BCUT2D eigenvalue weighted by atomic mass is 9.79. The molecule has 2 nitrogen and oxygen atoms in total. The fraction of sp³-hybridized carbons (Fsp3) is 0.625. The van der Waals surface area contributed by atoms with Crippen LogP contribution in [0.4, 0.5) is 0 Å². The summed E-state index contributed by atoms with van der Waals surface area (Å²) in [6, 6.07) is 9.06. The first kappa shape index (κ1) is 15.0. The Balaban J connectivity index is 2.70. The molecule has 1 rings (SSSR count). The van der Waals surface area contributed by atoms with Gasteiger partial charge in [-0.15, -0.1) is 0 Å². The van der Waals surface area contributed by atoms with Gasteiger partial charge in [0.05, 0.1) is 6.61 Å². The van der Waals surface area contributed by atoms with Crippen molar-refractivity contribution in [3.8, 4) is 5.75 Å². The van der Waals surface area contributed by atoms with Crippen molar-refractivity contribution in [3.63, 3.8) is 0 Å². The van der Waals surface area contributed by atoms with E-state index in [0.29, 0.717) is 6.04 Å². The van der Waals surface area contributed by atoms with Crippen molar-refractivity contribution in [2.45, 2.75) is 52.0 Å². The van der Waals surface area contributed by atoms with Gasteiger partial charge in [-0.3, -0.25) is 0 Å². The third-order valence-corrected chi connectivity index (χ3v) is 3.42. The summed E-state index contributed by atoms with van der Waals surface area (Å²) < 4.78 is 5.61. The van der Waals surface area contributed by atoms with Crippen molar-refractivity contribution in [2.75, 3.05) is 13.7 Å². The van der Waals surface area contributed by atoms with Crippen molar-refractivity contribution in [2.24, 2.45) is 0 Å². The maximum absolute atomic E-state index is 5.61. The van der Waals surface area contributed by atoms with Crippen LogP contribution in [0.15, 0.2) is 24.3 Å². The summed E-state index contributed by atoms with van der Waals surface area (Å²) in [4.78, 5) is 0. The monoisotopic (exact) mass is 249 g/mol. The summed E-state index contributed by atoms with van der Waals surface area (Å²) in [6.07, 6.45) is 2.17. The van der Waals surface area contributed by atoms with E-state index in [1.165, 1.54) is 5.56 Å². The molecule has 1 aromatic rings. The maximum atomic E-state index is 5.61. The van der Waals surface area contributed by atoms with E-state index in [9.17, 15) is 0 Å². The SMILES string of the molecule is CCCOc1ccc(C(C)(C)CC(C)NC)cc1. The van der Waals surface area contributed by atoms with Gasteiger partial charge in [0, 0.05) is 6.04 Å². The zero-order valence-electron chi connectivity index (χ0n) is 12.4. The number of rotatable bonds is 7. The molecule has 102 valence electrons. The Bertz CT molecular complexity index is 343. The standard InChI is InChI=1S/C16H27NO/c1-6-11-18-15-9-7-14(8-10-15)16(3,4)12-13(2)17-5/h7-10,13,17H,6,11-12H2,1-5H3. The molecule has 1 aromatic carbocycles. The average Bonchev–Trinajstić information content (AvgIpc) is 2.36. The van der Waals surface area contributed by atoms with Crippen molar-refractivity contribution < 1.29 is 4.74 Å². The van der Waals surface area contributed by atoms with E-state index in [1.54, 1.807) is 0 Å². The molecule has 1 atom stereocenters. The van der Waals surface area contributed by atoms with Gasteiger partial charge in [-0.1, -0.05) is 32.9 Å². The highest BCUT2D eigenvalue weighted by molar-refractivity contribution is 5.31. The molecule has 0 saturated carbocycles. The Labute approximate surface area is 112 Å². The van der Waals surface area contributed by atoms with Crippen molar-refractivity contribution >= 4 is 0 Å². The van der Waals surface area contributed by atoms with E-state index in [4.69, 9.17) is 4.74 Å². The third kappa shape index (κ3) is 4.34. The summed E-state index contributed by atoms with van der Waals surface area (Å²) in [6.45, 7) is 9.72. The highest BCUT2D eigenvalue weighted by atomic mass is 16.5. The summed E-state index contributed by atoms with van der Waals surface area (Å²) in [5.74, 6) is 0.970. The predicted molar refractivity (Wildman–Crippen MR) is 78.4 cm³/mol. The molecule has 0 saturated heterocycles. The van der Waals surface area contributed by atoms with Crippen LogP contribution in [0.25, 0.3) is 0 Å². The van der Waals surface area contributed by atoms with Crippen molar-refractivity contribution in [3.05, 3.63) is 29.8 Å². The van der Waals surface area contributed by atoms with E-state index >= 15 is 0 Å².